The fourth-order valence-electron chi connectivity index (χ4n) is 2.82. The number of hydrogen-bond donors (Lipinski definition) is 1. The first-order chi connectivity index (χ1) is 13.4. The van der Waals surface area contributed by atoms with Crippen molar-refractivity contribution in [2.24, 2.45) is 5.92 Å². The fourth-order valence-corrected chi connectivity index (χ4v) is 3.56. The Morgan fingerprint density at radius 1 is 1.18 bits per heavy atom. The van der Waals surface area contributed by atoms with Crippen molar-refractivity contribution in [1.82, 2.24) is 14.8 Å². The number of benzene rings is 2. The van der Waals surface area contributed by atoms with Gasteiger partial charge in [0.25, 0.3) is 0 Å². The minimum Gasteiger partial charge on any atom is -0.325 e. The minimum absolute atomic E-state index is 0.123. The highest BCUT2D eigenvalue weighted by molar-refractivity contribution is 7.99. The van der Waals surface area contributed by atoms with Crippen LogP contribution in [-0.4, -0.2) is 26.4 Å². The second-order valence-corrected chi connectivity index (χ2v) is 7.94. The number of anilines is 1. The molecule has 0 bridgehead atoms. The van der Waals surface area contributed by atoms with Crippen molar-refractivity contribution < 1.29 is 9.18 Å². The van der Waals surface area contributed by atoms with Gasteiger partial charge in [-0.05, 0) is 42.7 Å². The number of halogens is 1. The van der Waals surface area contributed by atoms with E-state index in [9.17, 15) is 9.18 Å². The number of aryl methyl sites for hydroxylation is 1. The maximum absolute atomic E-state index is 14.2. The van der Waals surface area contributed by atoms with E-state index in [-0.39, 0.29) is 17.5 Å². The van der Waals surface area contributed by atoms with Crippen LogP contribution in [0.4, 0.5) is 10.1 Å². The predicted octanol–water partition coefficient (Wildman–Crippen LogP) is 4.78. The highest BCUT2D eigenvalue weighted by Crippen LogP contribution is 2.27. The molecule has 3 rings (SSSR count). The summed E-state index contributed by atoms with van der Waals surface area (Å²) in [5, 5.41) is 11.9. The molecule has 5 nitrogen and oxygen atoms in total. The van der Waals surface area contributed by atoms with Crippen LogP contribution >= 0.6 is 11.8 Å². The highest BCUT2D eigenvalue weighted by atomic mass is 32.2. The Labute approximate surface area is 168 Å². The van der Waals surface area contributed by atoms with E-state index >= 15 is 0 Å². The predicted molar refractivity (Wildman–Crippen MR) is 111 cm³/mol. The molecule has 0 fully saturated rings. The van der Waals surface area contributed by atoms with Gasteiger partial charge in [0.2, 0.25) is 5.91 Å². The van der Waals surface area contributed by atoms with Crippen LogP contribution in [0.15, 0.2) is 53.7 Å². The van der Waals surface area contributed by atoms with Gasteiger partial charge < -0.3 is 9.88 Å². The zero-order chi connectivity index (χ0) is 20.1. The molecule has 0 saturated carbocycles. The van der Waals surface area contributed by atoms with Gasteiger partial charge in [0, 0.05) is 12.2 Å². The van der Waals surface area contributed by atoms with Crippen LogP contribution in [0.2, 0.25) is 0 Å². The number of aromatic nitrogens is 3. The minimum atomic E-state index is -0.339. The van der Waals surface area contributed by atoms with Crippen molar-refractivity contribution in [1.29, 1.82) is 0 Å². The third kappa shape index (κ3) is 4.98. The SMILES string of the molecule is Cc1cccc(NC(=O)CSc2nnc(-c3ccccc3F)n2CC(C)C)c1. The standard InChI is InChI=1S/C21H23FN4OS/c1-14(2)12-26-20(17-9-4-5-10-18(17)22)24-25-21(26)28-13-19(27)23-16-8-6-7-15(3)11-16/h4-11,14H,12-13H2,1-3H3,(H,23,27). The summed E-state index contributed by atoms with van der Waals surface area (Å²) in [5.41, 5.74) is 2.25. The summed E-state index contributed by atoms with van der Waals surface area (Å²) in [5.74, 6) is 0.535. The Morgan fingerprint density at radius 3 is 2.68 bits per heavy atom. The lowest BCUT2D eigenvalue weighted by molar-refractivity contribution is -0.113. The van der Waals surface area contributed by atoms with Gasteiger partial charge in [0.15, 0.2) is 11.0 Å². The van der Waals surface area contributed by atoms with Crippen LogP contribution in [-0.2, 0) is 11.3 Å². The molecule has 0 aliphatic carbocycles. The Balaban J connectivity index is 1.76. The molecule has 1 amide bonds. The summed E-state index contributed by atoms with van der Waals surface area (Å²) in [6, 6.07) is 14.2. The van der Waals surface area contributed by atoms with E-state index in [0.717, 1.165) is 11.3 Å². The van der Waals surface area contributed by atoms with Gasteiger partial charge in [0.1, 0.15) is 5.82 Å². The van der Waals surface area contributed by atoms with E-state index in [1.807, 2.05) is 35.8 Å². The van der Waals surface area contributed by atoms with E-state index in [1.54, 1.807) is 18.2 Å². The molecule has 146 valence electrons. The molecule has 0 spiro atoms. The average molecular weight is 399 g/mol. The molecule has 0 saturated heterocycles. The Kier molecular flexibility index (Phi) is 6.46. The second kappa shape index (κ2) is 9.01. The number of nitrogens with zero attached hydrogens (tertiary/aromatic N) is 3. The molecular weight excluding hydrogens is 375 g/mol. The van der Waals surface area contributed by atoms with Gasteiger partial charge in [-0.2, -0.15) is 0 Å². The first kappa shape index (κ1) is 20.1. The number of carbonyl (C=O) groups is 1. The van der Waals surface area contributed by atoms with E-state index in [4.69, 9.17) is 0 Å². The van der Waals surface area contributed by atoms with Crippen molar-refractivity contribution in [2.45, 2.75) is 32.5 Å². The lowest BCUT2D eigenvalue weighted by Crippen LogP contribution is -2.15. The summed E-state index contributed by atoms with van der Waals surface area (Å²) in [6.07, 6.45) is 0. The largest absolute Gasteiger partial charge is 0.325 e. The van der Waals surface area contributed by atoms with E-state index < -0.39 is 0 Å². The maximum Gasteiger partial charge on any atom is 0.234 e. The van der Waals surface area contributed by atoms with Gasteiger partial charge in [-0.15, -0.1) is 10.2 Å². The average Bonchev–Trinajstić information content (AvgIpc) is 3.02. The normalized spacial score (nSPS) is 11.0. The van der Waals surface area contributed by atoms with Gasteiger partial charge >= 0.3 is 0 Å². The van der Waals surface area contributed by atoms with Crippen LogP contribution in [0, 0.1) is 18.7 Å². The van der Waals surface area contributed by atoms with Crippen molar-refractivity contribution in [2.75, 3.05) is 11.1 Å². The second-order valence-electron chi connectivity index (χ2n) is 7.00. The van der Waals surface area contributed by atoms with Crippen molar-refractivity contribution in [3.05, 3.63) is 59.9 Å². The van der Waals surface area contributed by atoms with Crippen molar-refractivity contribution >= 4 is 23.4 Å². The maximum atomic E-state index is 14.2. The van der Waals surface area contributed by atoms with E-state index in [0.29, 0.717) is 29.0 Å². The Bertz CT molecular complexity index is 971. The zero-order valence-electron chi connectivity index (χ0n) is 16.1. The molecule has 28 heavy (non-hydrogen) atoms. The van der Waals surface area contributed by atoms with E-state index in [2.05, 4.69) is 29.4 Å². The fraction of sp³-hybridized carbons (Fsp3) is 0.286. The molecule has 2 aromatic carbocycles. The zero-order valence-corrected chi connectivity index (χ0v) is 17.0. The Hall–Kier alpha value is -2.67. The molecule has 0 radical (unpaired) electrons. The number of hydrogen-bond acceptors (Lipinski definition) is 4. The molecule has 7 heteroatoms. The summed E-state index contributed by atoms with van der Waals surface area (Å²) in [6.45, 7) is 6.76. The van der Waals surface area contributed by atoms with Gasteiger partial charge in [-0.1, -0.05) is 49.9 Å². The van der Waals surface area contributed by atoms with Crippen molar-refractivity contribution in [3.8, 4) is 11.4 Å². The third-order valence-electron chi connectivity index (χ3n) is 4.01. The molecule has 0 aliphatic heterocycles. The van der Waals surface area contributed by atoms with Crippen LogP contribution in [0.5, 0.6) is 0 Å². The third-order valence-corrected chi connectivity index (χ3v) is 4.98. The van der Waals surface area contributed by atoms with Crippen molar-refractivity contribution in [3.63, 3.8) is 0 Å². The number of carbonyl (C=O) groups excluding carboxylic acids is 1. The van der Waals surface area contributed by atoms with Crippen LogP contribution < -0.4 is 5.32 Å². The number of thioether (sulfide) groups is 1. The van der Waals surface area contributed by atoms with Gasteiger partial charge in [0.05, 0.1) is 11.3 Å². The number of rotatable bonds is 7. The first-order valence-corrected chi connectivity index (χ1v) is 10.1. The van der Waals surface area contributed by atoms with Gasteiger partial charge in [-0.25, -0.2) is 4.39 Å². The summed E-state index contributed by atoms with van der Waals surface area (Å²) >= 11 is 1.30. The smallest absolute Gasteiger partial charge is 0.234 e. The number of amides is 1. The number of nitrogens with one attached hydrogen (secondary N) is 1. The highest BCUT2D eigenvalue weighted by Gasteiger charge is 2.18. The van der Waals surface area contributed by atoms with Crippen LogP contribution in [0.25, 0.3) is 11.4 Å². The summed E-state index contributed by atoms with van der Waals surface area (Å²) in [7, 11) is 0. The lowest BCUT2D eigenvalue weighted by Gasteiger charge is -2.13. The molecule has 1 N–H and O–H groups in total. The van der Waals surface area contributed by atoms with Crippen LogP contribution in [0.1, 0.15) is 19.4 Å². The quantitative estimate of drug-likeness (QED) is 0.582. The molecule has 0 unspecified atom stereocenters. The molecule has 3 aromatic rings. The molecule has 1 aromatic heterocycles. The Morgan fingerprint density at radius 2 is 1.96 bits per heavy atom. The van der Waals surface area contributed by atoms with E-state index in [1.165, 1.54) is 17.8 Å². The lowest BCUT2D eigenvalue weighted by atomic mass is 10.2. The topological polar surface area (TPSA) is 59.8 Å². The first-order valence-electron chi connectivity index (χ1n) is 9.11. The molecule has 1 heterocycles. The summed E-state index contributed by atoms with van der Waals surface area (Å²) in [4.78, 5) is 12.3. The van der Waals surface area contributed by atoms with Crippen LogP contribution in [0.3, 0.4) is 0 Å². The molecular formula is C21H23FN4OS. The monoisotopic (exact) mass is 398 g/mol. The summed E-state index contributed by atoms with van der Waals surface area (Å²) < 4.78 is 16.1. The molecule has 0 aliphatic rings. The van der Waals surface area contributed by atoms with Gasteiger partial charge in [-0.3, -0.25) is 4.79 Å². The molecule has 0 atom stereocenters.